The van der Waals surface area contributed by atoms with Crippen molar-refractivity contribution in [2.75, 3.05) is 12.9 Å². The van der Waals surface area contributed by atoms with Crippen molar-refractivity contribution in [2.24, 2.45) is 0 Å². The number of aromatic nitrogens is 1. The first-order valence-electron chi connectivity index (χ1n) is 4.59. The predicted molar refractivity (Wildman–Crippen MR) is 58.8 cm³/mol. The Balaban J connectivity index is 2.96. The van der Waals surface area contributed by atoms with Gasteiger partial charge in [-0.15, -0.1) is 11.8 Å². The normalized spacial score (nSPS) is 10.0. The lowest BCUT2D eigenvalue weighted by Crippen LogP contribution is -2.02. The lowest BCUT2D eigenvalue weighted by atomic mass is 10.3. The summed E-state index contributed by atoms with van der Waals surface area (Å²) in [4.78, 5) is 14.8. The summed E-state index contributed by atoms with van der Waals surface area (Å²) in [7, 11) is 0. The molecular weight excluding hydrogens is 214 g/mol. The Morgan fingerprint density at radius 2 is 2.40 bits per heavy atom. The lowest BCUT2D eigenvalue weighted by molar-refractivity contribution is 0.0695. The van der Waals surface area contributed by atoms with Crippen molar-refractivity contribution in [1.82, 2.24) is 4.98 Å². The maximum Gasteiger partial charge on any atom is 0.337 e. The summed E-state index contributed by atoms with van der Waals surface area (Å²) in [5.74, 6) is -0.444. The van der Waals surface area contributed by atoms with Crippen LogP contribution in [0, 0.1) is 0 Å². The molecule has 0 amide bonds. The fourth-order valence-electron chi connectivity index (χ4n) is 1.02. The molecular formula is C10H13NO3S. The van der Waals surface area contributed by atoms with Gasteiger partial charge >= 0.3 is 5.97 Å². The Hall–Kier alpha value is -1.23. The zero-order chi connectivity index (χ0) is 11.3. The van der Waals surface area contributed by atoms with E-state index in [0.29, 0.717) is 17.4 Å². The third-order valence-electron chi connectivity index (χ3n) is 1.72. The molecule has 1 aromatic rings. The Bertz CT molecular complexity index is 355. The summed E-state index contributed by atoms with van der Waals surface area (Å²) in [5, 5.41) is 9.51. The molecule has 1 aromatic heterocycles. The summed E-state index contributed by atoms with van der Waals surface area (Å²) < 4.78 is 5.42. The van der Waals surface area contributed by atoms with Gasteiger partial charge in [0, 0.05) is 6.20 Å². The van der Waals surface area contributed by atoms with Crippen molar-refractivity contribution in [2.45, 2.75) is 18.4 Å². The van der Waals surface area contributed by atoms with Crippen LogP contribution in [0.4, 0.5) is 0 Å². The second kappa shape index (κ2) is 5.60. The van der Waals surface area contributed by atoms with Crippen LogP contribution in [-0.2, 0) is 0 Å². The largest absolute Gasteiger partial charge is 0.491 e. The molecule has 4 nitrogen and oxygen atoms in total. The summed E-state index contributed by atoms with van der Waals surface area (Å²) in [6, 6.07) is 1.51. The number of carboxylic acid groups (broad SMARTS) is 1. The van der Waals surface area contributed by atoms with Gasteiger partial charge in [0.25, 0.3) is 0 Å². The fraction of sp³-hybridized carbons (Fsp3) is 0.400. The lowest BCUT2D eigenvalue weighted by Gasteiger charge is -2.08. The van der Waals surface area contributed by atoms with E-state index in [2.05, 4.69) is 4.98 Å². The average molecular weight is 227 g/mol. The van der Waals surface area contributed by atoms with E-state index in [1.165, 1.54) is 24.0 Å². The maximum atomic E-state index is 10.7. The molecule has 5 heteroatoms. The van der Waals surface area contributed by atoms with E-state index >= 15 is 0 Å². The van der Waals surface area contributed by atoms with E-state index in [1.54, 1.807) is 0 Å². The standard InChI is InChI=1S/C10H13NO3S/c1-3-4-14-8-5-7(10(12)13)6-11-9(8)15-2/h5-6H,3-4H2,1-2H3,(H,12,13). The molecule has 0 radical (unpaired) electrons. The molecule has 0 aliphatic heterocycles. The van der Waals surface area contributed by atoms with Gasteiger partial charge in [-0.25, -0.2) is 9.78 Å². The molecule has 0 unspecified atom stereocenters. The third-order valence-corrected chi connectivity index (χ3v) is 2.41. The number of hydrogen-bond donors (Lipinski definition) is 1. The number of carbonyl (C=O) groups is 1. The maximum absolute atomic E-state index is 10.7. The first-order valence-corrected chi connectivity index (χ1v) is 5.81. The van der Waals surface area contributed by atoms with Crippen molar-refractivity contribution >= 4 is 17.7 Å². The van der Waals surface area contributed by atoms with Crippen LogP contribution in [0.15, 0.2) is 17.3 Å². The van der Waals surface area contributed by atoms with Gasteiger partial charge < -0.3 is 9.84 Å². The molecule has 1 N–H and O–H groups in total. The van der Waals surface area contributed by atoms with Gasteiger partial charge in [-0.05, 0) is 18.7 Å². The molecule has 0 aliphatic carbocycles. The number of thioether (sulfide) groups is 1. The van der Waals surface area contributed by atoms with Gasteiger partial charge in [-0.3, -0.25) is 0 Å². The highest BCUT2D eigenvalue weighted by Gasteiger charge is 2.10. The van der Waals surface area contributed by atoms with Crippen molar-refractivity contribution in [1.29, 1.82) is 0 Å². The molecule has 0 bridgehead atoms. The van der Waals surface area contributed by atoms with Crippen LogP contribution in [0.25, 0.3) is 0 Å². The molecule has 15 heavy (non-hydrogen) atoms. The van der Waals surface area contributed by atoms with Crippen molar-refractivity contribution in [3.63, 3.8) is 0 Å². The number of aromatic carboxylic acids is 1. The van der Waals surface area contributed by atoms with Gasteiger partial charge in [0.1, 0.15) is 5.03 Å². The minimum absolute atomic E-state index is 0.152. The Morgan fingerprint density at radius 3 is 2.93 bits per heavy atom. The third kappa shape index (κ3) is 3.13. The quantitative estimate of drug-likeness (QED) is 0.782. The van der Waals surface area contributed by atoms with Crippen LogP contribution in [0.3, 0.4) is 0 Å². The van der Waals surface area contributed by atoms with Crippen LogP contribution >= 0.6 is 11.8 Å². The number of pyridine rings is 1. The van der Waals surface area contributed by atoms with E-state index in [4.69, 9.17) is 9.84 Å². The smallest absolute Gasteiger partial charge is 0.337 e. The molecule has 0 fully saturated rings. The minimum Gasteiger partial charge on any atom is -0.491 e. The second-order valence-corrected chi connectivity index (χ2v) is 3.68. The summed E-state index contributed by atoms with van der Waals surface area (Å²) >= 11 is 1.44. The summed E-state index contributed by atoms with van der Waals surface area (Å²) in [5.41, 5.74) is 0.152. The van der Waals surface area contributed by atoms with E-state index in [9.17, 15) is 4.79 Å². The van der Waals surface area contributed by atoms with E-state index in [0.717, 1.165) is 6.42 Å². The molecule has 82 valence electrons. The van der Waals surface area contributed by atoms with Crippen molar-refractivity contribution in [3.05, 3.63) is 17.8 Å². The highest BCUT2D eigenvalue weighted by Crippen LogP contribution is 2.26. The molecule has 0 aliphatic rings. The molecule has 0 aromatic carbocycles. The van der Waals surface area contributed by atoms with Gasteiger partial charge in [0.15, 0.2) is 5.75 Å². The highest BCUT2D eigenvalue weighted by atomic mass is 32.2. The molecule has 0 saturated heterocycles. The zero-order valence-electron chi connectivity index (χ0n) is 8.69. The number of nitrogens with zero attached hydrogens (tertiary/aromatic N) is 1. The van der Waals surface area contributed by atoms with Gasteiger partial charge in [-0.2, -0.15) is 0 Å². The Kier molecular flexibility index (Phi) is 4.42. The number of rotatable bonds is 5. The van der Waals surface area contributed by atoms with E-state index in [-0.39, 0.29) is 5.56 Å². The van der Waals surface area contributed by atoms with Crippen LogP contribution in [0.5, 0.6) is 5.75 Å². The number of carboxylic acids is 1. The predicted octanol–water partition coefficient (Wildman–Crippen LogP) is 2.29. The van der Waals surface area contributed by atoms with Crippen LogP contribution in [0.2, 0.25) is 0 Å². The van der Waals surface area contributed by atoms with Crippen molar-refractivity contribution < 1.29 is 14.6 Å². The highest BCUT2D eigenvalue weighted by molar-refractivity contribution is 7.98. The zero-order valence-corrected chi connectivity index (χ0v) is 9.50. The SMILES string of the molecule is CCCOc1cc(C(=O)O)cnc1SC. The Morgan fingerprint density at radius 1 is 1.67 bits per heavy atom. The molecule has 0 saturated carbocycles. The van der Waals surface area contributed by atoms with Crippen LogP contribution in [0.1, 0.15) is 23.7 Å². The first kappa shape index (κ1) is 11.8. The van der Waals surface area contributed by atoms with Gasteiger partial charge in [0.05, 0.1) is 12.2 Å². The van der Waals surface area contributed by atoms with Crippen molar-refractivity contribution in [3.8, 4) is 5.75 Å². The minimum atomic E-state index is -0.989. The van der Waals surface area contributed by atoms with Gasteiger partial charge in [0.2, 0.25) is 0 Å². The van der Waals surface area contributed by atoms with E-state index in [1.807, 2.05) is 13.2 Å². The van der Waals surface area contributed by atoms with Crippen LogP contribution in [-0.4, -0.2) is 28.9 Å². The van der Waals surface area contributed by atoms with E-state index < -0.39 is 5.97 Å². The van der Waals surface area contributed by atoms with Gasteiger partial charge in [-0.1, -0.05) is 6.92 Å². The summed E-state index contributed by atoms with van der Waals surface area (Å²) in [6.07, 6.45) is 4.10. The number of hydrogen-bond acceptors (Lipinski definition) is 4. The van der Waals surface area contributed by atoms with Crippen LogP contribution < -0.4 is 4.74 Å². The second-order valence-electron chi connectivity index (χ2n) is 2.89. The fourth-order valence-corrected chi connectivity index (χ4v) is 1.49. The molecule has 1 heterocycles. The topological polar surface area (TPSA) is 59.4 Å². The summed E-state index contributed by atoms with van der Waals surface area (Å²) in [6.45, 7) is 2.56. The number of ether oxygens (including phenoxy) is 1. The molecule has 0 atom stereocenters. The average Bonchev–Trinajstić information content (AvgIpc) is 2.25. The first-order chi connectivity index (χ1) is 7.19. The molecule has 0 spiro atoms. The Labute approximate surface area is 92.7 Å². The molecule has 1 rings (SSSR count). The monoisotopic (exact) mass is 227 g/mol.